The van der Waals surface area contributed by atoms with Crippen LogP contribution >= 0.6 is 0 Å². The van der Waals surface area contributed by atoms with Crippen molar-refractivity contribution in [3.8, 4) is 5.69 Å². The monoisotopic (exact) mass is 394 g/mol. The Bertz CT molecular complexity index is 1070. The SMILES string of the molecule is CCc1noc(CCNC(=O)c2c(C)ccn(-c3cccc(C(C)C)c3)c2=O)n1. The number of carbonyl (C=O) groups is 1. The van der Waals surface area contributed by atoms with Gasteiger partial charge >= 0.3 is 0 Å². The lowest BCUT2D eigenvalue weighted by atomic mass is 10.0. The Balaban J connectivity index is 1.80. The van der Waals surface area contributed by atoms with Gasteiger partial charge in [0.1, 0.15) is 5.56 Å². The molecule has 152 valence electrons. The van der Waals surface area contributed by atoms with Gasteiger partial charge in [-0.1, -0.05) is 38.1 Å². The van der Waals surface area contributed by atoms with Crippen molar-refractivity contribution in [1.29, 1.82) is 0 Å². The highest BCUT2D eigenvalue weighted by Gasteiger charge is 2.17. The Hall–Kier alpha value is -3.22. The van der Waals surface area contributed by atoms with Crippen molar-refractivity contribution in [1.82, 2.24) is 20.0 Å². The molecule has 0 aliphatic carbocycles. The van der Waals surface area contributed by atoms with Crippen LogP contribution in [0, 0.1) is 6.92 Å². The van der Waals surface area contributed by atoms with Crippen molar-refractivity contribution < 1.29 is 9.32 Å². The van der Waals surface area contributed by atoms with E-state index in [9.17, 15) is 9.59 Å². The maximum absolute atomic E-state index is 13.0. The van der Waals surface area contributed by atoms with Gasteiger partial charge in [0.25, 0.3) is 11.5 Å². The maximum atomic E-state index is 13.0. The highest BCUT2D eigenvalue weighted by molar-refractivity contribution is 5.95. The van der Waals surface area contributed by atoms with E-state index in [1.807, 2.05) is 31.2 Å². The summed E-state index contributed by atoms with van der Waals surface area (Å²) >= 11 is 0. The topological polar surface area (TPSA) is 90.0 Å². The number of hydrogen-bond donors (Lipinski definition) is 1. The van der Waals surface area contributed by atoms with E-state index < -0.39 is 5.91 Å². The summed E-state index contributed by atoms with van der Waals surface area (Å²) in [6, 6.07) is 9.58. The fourth-order valence-corrected chi connectivity index (χ4v) is 3.05. The summed E-state index contributed by atoms with van der Waals surface area (Å²) in [4.78, 5) is 30.0. The van der Waals surface area contributed by atoms with Gasteiger partial charge in [-0.3, -0.25) is 14.2 Å². The van der Waals surface area contributed by atoms with Crippen LogP contribution in [0.2, 0.25) is 0 Å². The van der Waals surface area contributed by atoms with Gasteiger partial charge < -0.3 is 9.84 Å². The fourth-order valence-electron chi connectivity index (χ4n) is 3.05. The molecule has 0 saturated heterocycles. The fraction of sp³-hybridized carbons (Fsp3) is 0.364. The summed E-state index contributed by atoms with van der Waals surface area (Å²) in [5.74, 6) is 1.04. The Kier molecular flexibility index (Phi) is 6.26. The summed E-state index contributed by atoms with van der Waals surface area (Å²) < 4.78 is 6.63. The molecule has 1 N–H and O–H groups in total. The van der Waals surface area contributed by atoms with Crippen LogP contribution in [0.25, 0.3) is 5.69 Å². The summed E-state index contributed by atoms with van der Waals surface area (Å²) in [6.45, 7) is 8.21. The minimum atomic E-state index is -0.405. The third-order valence-electron chi connectivity index (χ3n) is 4.79. The predicted molar refractivity (Wildman–Crippen MR) is 111 cm³/mol. The molecule has 1 amide bonds. The second-order valence-corrected chi connectivity index (χ2v) is 7.26. The zero-order valence-electron chi connectivity index (χ0n) is 17.2. The average molecular weight is 394 g/mol. The highest BCUT2D eigenvalue weighted by Crippen LogP contribution is 2.17. The van der Waals surface area contributed by atoms with Crippen molar-refractivity contribution in [3.63, 3.8) is 0 Å². The summed E-state index contributed by atoms with van der Waals surface area (Å²) in [7, 11) is 0. The normalized spacial score (nSPS) is 11.1. The third-order valence-corrected chi connectivity index (χ3v) is 4.79. The number of benzene rings is 1. The van der Waals surface area contributed by atoms with Gasteiger partial charge in [0.2, 0.25) is 5.89 Å². The molecular weight excluding hydrogens is 368 g/mol. The lowest BCUT2D eigenvalue weighted by Crippen LogP contribution is -2.34. The summed E-state index contributed by atoms with van der Waals surface area (Å²) in [5, 5.41) is 6.62. The maximum Gasteiger partial charge on any atom is 0.268 e. The van der Waals surface area contributed by atoms with E-state index in [2.05, 4.69) is 29.3 Å². The van der Waals surface area contributed by atoms with Crippen LogP contribution in [0.1, 0.15) is 59.9 Å². The third kappa shape index (κ3) is 4.62. The van der Waals surface area contributed by atoms with Crippen LogP contribution in [0.15, 0.2) is 45.8 Å². The number of hydrogen-bond acceptors (Lipinski definition) is 5. The van der Waals surface area contributed by atoms with Crippen molar-refractivity contribution >= 4 is 5.91 Å². The quantitative estimate of drug-likeness (QED) is 0.665. The predicted octanol–water partition coefficient (Wildman–Crippen LogP) is 3.19. The average Bonchev–Trinajstić information content (AvgIpc) is 3.16. The van der Waals surface area contributed by atoms with Gasteiger partial charge in [0.15, 0.2) is 5.82 Å². The van der Waals surface area contributed by atoms with Crippen LogP contribution in [-0.4, -0.2) is 27.2 Å². The minimum Gasteiger partial charge on any atom is -0.351 e. The molecule has 0 spiro atoms. The van der Waals surface area contributed by atoms with E-state index in [0.717, 1.165) is 11.3 Å². The van der Waals surface area contributed by atoms with Gasteiger partial charge in [-0.15, -0.1) is 0 Å². The van der Waals surface area contributed by atoms with Gasteiger partial charge in [0, 0.05) is 31.3 Å². The summed E-state index contributed by atoms with van der Waals surface area (Å²) in [6.07, 6.45) is 2.81. The molecule has 2 aromatic heterocycles. The molecule has 0 saturated carbocycles. The van der Waals surface area contributed by atoms with Gasteiger partial charge in [-0.05, 0) is 42.2 Å². The van der Waals surface area contributed by atoms with E-state index in [1.54, 1.807) is 19.2 Å². The Morgan fingerprint density at radius 2 is 2.07 bits per heavy atom. The lowest BCUT2D eigenvalue weighted by Gasteiger charge is -2.13. The first-order valence-corrected chi connectivity index (χ1v) is 9.83. The zero-order chi connectivity index (χ0) is 21.0. The van der Waals surface area contributed by atoms with Crippen molar-refractivity contribution in [3.05, 3.63) is 75.3 Å². The number of pyridine rings is 1. The molecule has 0 radical (unpaired) electrons. The Morgan fingerprint density at radius 1 is 1.28 bits per heavy atom. The van der Waals surface area contributed by atoms with E-state index in [4.69, 9.17) is 4.52 Å². The highest BCUT2D eigenvalue weighted by atomic mass is 16.5. The summed E-state index contributed by atoms with van der Waals surface area (Å²) in [5.41, 5.74) is 2.31. The first-order chi connectivity index (χ1) is 13.9. The molecule has 0 aliphatic rings. The standard InChI is InChI=1S/C22H26N4O3/c1-5-18-24-19(29-25-18)9-11-23-21(27)20-15(4)10-12-26(22(20)28)17-8-6-7-16(13-17)14(2)3/h6-8,10,12-14H,5,9,11H2,1-4H3,(H,23,27). The molecule has 7 nitrogen and oxygen atoms in total. The van der Waals surface area contributed by atoms with Gasteiger partial charge in [0.05, 0.1) is 0 Å². The molecule has 0 bridgehead atoms. The first-order valence-electron chi connectivity index (χ1n) is 9.83. The van der Waals surface area contributed by atoms with E-state index in [1.165, 1.54) is 4.57 Å². The van der Waals surface area contributed by atoms with Crippen molar-refractivity contribution in [2.75, 3.05) is 6.54 Å². The van der Waals surface area contributed by atoms with Crippen molar-refractivity contribution in [2.24, 2.45) is 0 Å². The number of nitrogens with one attached hydrogen (secondary N) is 1. The van der Waals surface area contributed by atoms with E-state index in [0.29, 0.717) is 42.6 Å². The second-order valence-electron chi connectivity index (χ2n) is 7.26. The smallest absolute Gasteiger partial charge is 0.268 e. The van der Waals surface area contributed by atoms with Crippen LogP contribution in [0.5, 0.6) is 0 Å². The van der Waals surface area contributed by atoms with E-state index >= 15 is 0 Å². The van der Waals surface area contributed by atoms with E-state index in [-0.39, 0.29) is 11.1 Å². The van der Waals surface area contributed by atoms with Crippen LogP contribution in [-0.2, 0) is 12.8 Å². The molecule has 0 atom stereocenters. The van der Waals surface area contributed by atoms with Crippen LogP contribution in [0.3, 0.4) is 0 Å². The molecule has 2 heterocycles. The molecule has 3 rings (SSSR count). The molecule has 0 fully saturated rings. The Labute approximate surface area is 169 Å². The van der Waals surface area contributed by atoms with Crippen molar-refractivity contribution in [2.45, 2.75) is 46.5 Å². The molecule has 1 aromatic carbocycles. The second kappa shape index (κ2) is 8.86. The number of aromatic nitrogens is 3. The number of amides is 1. The Morgan fingerprint density at radius 3 is 2.76 bits per heavy atom. The lowest BCUT2D eigenvalue weighted by molar-refractivity contribution is 0.0951. The molecule has 0 aliphatic heterocycles. The van der Waals surface area contributed by atoms with Gasteiger partial charge in [-0.25, -0.2) is 0 Å². The molecule has 7 heteroatoms. The molecule has 0 unspecified atom stereocenters. The number of aryl methyl sites for hydroxylation is 2. The molecule has 3 aromatic rings. The molecular formula is C22H26N4O3. The zero-order valence-corrected chi connectivity index (χ0v) is 17.2. The van der Waals surface area contributed by atoms with Crippen LogP contribution < -0.4 is 10.9 Å². The first kappa shape index (κ1) is 20.5. The number of nitrogens with zero attached hydrogens (tertiary/aromatic N) is 3. The number of rotatable bonds is 7. The number of carbonyl (C=O) groups excluding carboxylic acids is 1. The van der Waals surface area contributed by atoms with Crippen LogP contribution in [0.4, 0.5) is 0 Å². The van der Waals surface area contributed by atoms with Gasteiger partial charge in [-0.2, -0.15) is 4.98 Å². The minimum absolute atomic E-state index is 0.141. The molecule has 29 heavy (non-hydrogen) atoms. The largest absolute Gasteiger partial charge is 0.351 e.